The van der Waals surface area contributed by atoms with Crippen LogP contribution in [0.5, 0.6) is 5.88 Å². The van der Waals surface area contributed by atoms with E-state index in [1.54, 1.807) is 12.1 Å². The van der Waals surface area contributed by atoms with Crippen molar-refractivity contribution in [3.8, 4) is 5.88 Å². The maximum absolute atomic E-state index is 11.2. The molecule has 5 nitrogen and oxygen atoms in total. The maximum atomic E-state index is 11.2. The van der Waals surface area contributed by atoms with E-state index in [-0.39, 0.29) is 6.42 Å². The van der Waals surface area contributed by atoms with Gasteiger partial charge in [-0.2, -0.15) is 0 Å². The topological polar surface area (TPSA) is 65.5 Å². The first-order valence-corrected chi connectivity index (χ1v) is 4.45. The van der Waals surface area contributed by atoms with Gasteiger partial charge in [0.2, 0.25) is 5.88 Å². The molecule has 0 aromatic carbocycles. The van der Waals surface area contributed by atoms with Gasteiger partial charge in [-0.25, -0.2) is 4.98 Å². The molecule has 0 saturated carbocycles. The zero-order chi connectivity index (χ0) is 10.8. The summed E-state index contributed by atoms with van der Waals surface area (Å²) in [4.78, 5) is 26.1. The molecular weight excluding hydrogens is 198 g/mol. The van der Waals surface area contributed by atoms with Crippen LogP contribution < -0.4 is 4.74 Å². The molecular formula is C10H9NO4. The maximum Gasteiger partial charge on any atom is 0.321 e. The lowest BCUT2D eigenvalue weighted by molar-refractivity contribution is -0.152. The number of methoxy groups -OCH3 is 1. The van der Waals surface area contributed by atoms with Crippen molar-refractivity contribution in [3.63, 3.8) is 0 Å². The molecule has 78 valence electrons. The van der Waals surface area contributed by atoms with Crippen LogP contribution in [0.1, 0.15) is 17.9 Å². The van der Waals surface area contributed by atoms with Crippen LogP contribution in [-0.2, 0) is 14.3 Å². The van der Waals surface area contributed by atoms with E-state index in [0.29, 0.717) is 11.4 Å². The van der Waals surface area contributed by atoms with Gasteiger partial charge in [0.05, 0.1) is 19.4 Å². The fourth-order valence-corrected chi connectivity index (χ4v) is 1.45. The second-order valence-corrected chi connectivity index (χ2v) is 3.18. The third-order valence-electron chi connectivity index (χ3n) is 2.24. The number of hydrogen-bond donors (Lipinski definition) is 0. The average Bonchev–Trinajstić information content (AvgIpc) is 2.58. The number of cyclic esters (lactones) is 2. The summed E-state index contributed by atoms with van der Waals surface area (Å²) >= 11 is 0. The van der Waals surface area contributed by atoms with Gasteiger partial charge in [-0.05, 0) is 5.56 Å². The van der Waals surface area contributed by atoms with E-state index in [4.69, 9.17) is 4.74 Å². The van der Waals surface area contributed by atoms with Crippen LogP contribution >= 0.6 is 0 Å². The number of esters is 2. The molecule has 1 aliphatic heterocycles. The Balaban J connectivity index is 2.22. The van der Waals surface area contributed by atoms with Crippen molar-refractivity contribution in [1.29, 1.82) is 0 Å². The fraction of sp³-hybridized carbons (Fsp3) is 0.300. The standard InChI is InChI=1S/C10H9NO4/c1-14-8-3-2-6(5-11-8)7-4-9(12)15-10(7)13/h2-3,5,7H,4H2,1H3. The molecule has 1 aromatic rings. The minimum atomic E-state index is -0.518. The first-order valence-electron chi connectivity index (χ1n) is 4.45. The Morgan fingerprint density at radius 2 is 2.27 bits per heavy atom. The summed E-state index contributed by atoms with van der Waals surface area (Å²) in [5, 5.41) is 0. The molecule has 15 heavy (non-hydrogen) atoms. The Morgan fingerprint density at radius 3 is 2.73 bits per heavy atom. The van der Waals surface area contributed by atoms with Crippen molar-refractivity contribution < 1.29 is 19.1 Å². The highest BCUT2D eigenvalue weighted by Crippen LogP contribution is 2.27. The summed E-state index contributed by atoms with van der Waals surface area (Å²) < 4.78 is 9.33. The third kappa shape index (κ3) is 1.81. The second-order valence-electron chi connectivity index (χ2n) is 3.18. The number of nitrogens with zero attached hydrogens (tertiary/aromatic N) is 1. The molecule has 1 fully saturated rings. The van der Waals surface area contributed by atoms with Gasteiger partial charge in [-0.1, -0.05) is 6.07 Å². The summed E-state index contributed by atoms with van der Waals surface area (Å²) in [6.07, 6.45) is 1.61. The van der Waals surface area contributed by atoms with Gasteiger partial charge >= 0.3 is 11.9 Å². The van der Waals surface area contributed by atoms with Crippen LogP contribution in [0.4, 0.5) is 0 Å². The molecule has 0 amide bonds. The Bertz CT molecular complexity index is 398. The second kappa shape index (κ2) is 3.68. The Labute approximate surface area is 86.0 Å². The van der Waals surface area contributed by atoms with E-state index < -0.39 is 17.9 Å². The van der Waals surface area contributed by atoms with Gasteiger partial charge in [0, 0.05) is 12.3 Å². The van der Waals surface area contributed by atoms with Crippen molar-refractivity contribution in [2.45, 2.75) is 12.3 Å². The molecule has 1 atom stereocenters. The number of hydrogen-bond acceptors (Lipinski definition) is 5. The first kappa shape index (κ1) is 9.64. The number of carbonyl (C=O) groups excluding carboxylic acids is 2. The van der Waals surface area contributed by atoms with Crippen molar-refractivity contribution in [3.05, 3.63) is 23.9 Å². The van der Waals surface area contributed by atoms with Gasteiger partial charge in [0.15, 0.2) is 0 Å². The lowest BCUT2D eigenvalue weighted by Crippen LogP contribution is -2.05. The molecule has 1 saturated heterocycles. The number of rotatable bonds is 2. The molecule has 2 rings (SSSR count). The SMILES string of the molecule is COc1ccc(C2CC(=O)OC2=O)cn1. The molecule has 1 unspecified atom stereocenters. The first-order chi connectivity index (χ1) is 7.20. The summed E-state index contributed by atoms with van der Waals surface area (Å²) in [6.45, 7) is 0. The number of aromatic nitrogens is 1. The van der Waals surface area contributed by atoms with Gasteiger partial charge in [-0.3, -0.25) is 9.59 Å². The molecule has 0 bridgehead atoms. The molecule has 2 heterocycles. The average molecular weight is 207 g/mol. The largest absolute Gasteiger partial charge is 0.481 e. The van der Waals surface area contributed by atoms with Crippen LogP contribution in [0, 0.1) is 0 Å². The number of carbonyl (C=O) groups is 2. The molecule has 0 aliphatic carbocycles. The van der Waals surface area contributed by atoms with Crippen molar-refractivity contribution >= 4 is 11.9 Å². The fourth-order valence-electron chi connectivity index (χ4n) is 1.45. The zero-order valence-electron chi connectivity index (χ0n) is 8.10. The third-order valence-corrected chi connectivity index (χ3v) is 2.24. The zero-order valence-corrected chi connectivity index (χ0v) is 8.10. The van der Waals surface area contributed by atoms with E-state index >= 15 is 0 Å². The molecule has 1 aliphatic rings. The van der Waals surface area contributed by atoms with Crippen molar-refractivity contribution in [2.75, 3.05) is 7.11 Å². The molecule has 0 spiro atoms. The smallest absolute Gasteiger partial charge is 0.321 e. The van der Waals surface area contributed by atoms with E-state index in [1.807, 2.05) is 0 Å². The highest BCUT2D eigenvalue weighted by Gasteiger charge is 2.34. The van der Waals surface area contributed by atoms with Crippen LogP contribution in [-0.4, -0.2) is 24.0 Å². The monoisotopic (exact) mass is 207 g/mol. The van der Waals surface area contributed by atoms with Gasteiger partial charge in [0.25, 0.3) is 0 Å². The highest BCUT2D eigenvalue weighted by molar-refractivity contribution is 5.97. The summed E-state index contributed by atoms with van der Waals surface area (Å²) in [6, 6.07) is 3.35. The quantitative estimate of drug-likeness (QED) is 0.526. The van der Waals surface area contributed by atoms with E-state index in [0.717, 1.165) is 0 Å². The minimum Gasteiger partial charge on any atom is -0.481 e. The van der Waals surface area contributed by atoms with Crippen LogP contribution in [0.15, 0.2) is 18.3 Å². The minimum absolute atomic E-state index is 0.0901. The molecule has 1 aromatic heterocycles. The highest BCUT2D eigenvalue weighted by atomic mass is 16.6. The van der Waals surface area contributed by atoms with Crippen LogP contribution in [0.2, 0.25) is 0 Å². The lowest BCUT2D eigenvalue weighted by Gasteiger charge is -2.04. The summed E-state index contributed by atoms with van der Waals surface area (Å²) in [5.41, 5.74) is 0.673. The van der Waals surface area contributed by atoms with E-state index in [9.17, 15) is 9.59 Å². The predicted molar refractivity (Wildman–Crippen MR) is 49.2 cm³/mol. The predicted octanol–water partition coefficient (Wildman–Crippen LogP) is 0.647. The molecule has 5 heteroatoms. The van der Waals surface area contributed by atoms with Crippen LogP contribution in [0.3, 0.4) is 0 Å². The Hall–Kier alpha value is -1.91. The van der Waals surface area contributed by atoms with Gasteiger partial charge in [-0.15, -0.1) is 0 Å². The Kier molecular flexibility index (Phi) is 2.37. The summed E-state index contributed by atoms with van der Waals surface area (Å²) in [7, 11) is 1.51. The molecule has 0 radical (unpaired) electrons. The van der Waals surface area contributed by atoms with Gasteiger partial charge < -0.3 is 9.47 Å². The van der Waals surface area contributed by atoms with Crippen LogP contribution in [0.25, 0.3) is 0 Å². The Morgan fingerprint density at radius 1 is 1.47 bits per heavy atom. The van der Waals surface area contributed by atoms with Crippen molar-refractivity contribution in [2.24, 2.45) is 0 Å². The van der Waals surface area contributed by atoms with Crippen molar-refractivity contribution in [1.82, 2.24) is 4.98 Å². The number of ether oxygens (including phenoxy) is 2. The normalized spacial score (nSPS) is 20.2. The summed E-state index contributed by atoms with van der Waals surface area (Å²) in [5.74, 6) is -1.04. The van der Waals surface area contributed by atoms with Gasteiger partial charge in [0.1, 0.15) is 0 Å². The number of pyridine rings is 1. The van der Waals surface area contributed by atoms with E-state index in [1.165, 1.54) is 13.3 Å². The van der Waals surface area contributed by atoms with E-state index in [2.05, 4.69) is 9.72 Å². The molecule has 0 N–H and O–H groups in total. The lowest BCUT2D eigenvalue weighted by atomic mass is 10.00.